The van der Waals surface area contributed by atoms with Gasteiger partial charge in [-0.2, -0.15) is 11.8 Å². The third kappa shape index (κ3) is 4.37. The Morgan fingerprint density at radius 1 is 1.59 bits per heavy atom. The van der Waals surface area contributed by atoms with Crippen molar-refractivity contribution < 1.29 is 0 Å². The fourth-order valence-corrected chi connectivity index (χ4v) is 2.67. The Balaban J connectivity index is 2.83. The Labute approximate surface area is 117 Å². The number of rotatable bonds is 6. The topological polar surface area (TPSA) is 38.0 Å². The van der Waals surface area contributed by atoms with Gasteiger partial charge in [0.15, 0.2) is 0 Å². The van der Waals surface area contributed by atoms with Gasteiger partial charge in [-0.1, -0.05) is 29.9 Å². The van der Waals surface area contributed by atoms with Gasteiger partial charge in [-0.15, -0.1) is 0 Å². The Kier molecular flexibility index (Phi) is 6.09. The molecule has 0 radical (unpaired) electrons. The van der Waals surface area contributed by atoms with E-state index in [1.54, 1.807) is 6.07 Å². The monoisotopic (exact) mass is 288 g/mol. The van der Waals surface area contributed by atoms with Crippen molar-refractivity contribution in [2.75, 3.05) is 17.3 Å². The lowest BCUT2D eigenvalue weighted by molar-refractivity contribution is 0.772. The number of nitrogens with one attached hydrogen (secondary N) is 1. The van der Waals surface area contributed by atoms with Gasteiger partial charge in [0.2, 0.25) is 0 Å². The predicted octanol–water partition coefficient (Wildman–Crippen LogP) is 3.53. The molecule has 0 spiro atoms. The Bertz CT molecular complexity index is 396. The predicted molar refractivity (Wildman–Crippen MR) is 83.4 cm³/mol. The summed E-state index contributed by atoms with van der Waals surface area (Å²) in [5.74, 6) is 1.12. The van der Waals surface area contributed by atoms with Crippen molar-refractivity contribution in [3.05, 3.63) is 28.8 Å². The molecule has 2 nitrogen and oxygen atoms in total. The van der Waals surface area contributed by atoms with Gasteiger partial charge in [-0.05, 0) is 37.5 Å². The van der Waals surface area contributed by atoms with Crippen LogP contribution in [0.15, 0.2) is 18.2 Å². The first kappa shape index (κ1) is 14.6. The smallest absolute Gasteiger partial charge is 0.107 e. The summed E-state index contributed by atoms with van der Waals surface area (Å²) in [5, 5.41) is 4.00. The molecule has 0 aromatic heterocycles. The molecule has 0 aliphatic rings. The highest BCUT2D eigenvalue weighted by atomic mass is 35.5. The van der Waals surface area contributed by atoms with Gasteiger partial charge in [-0.3, -0.25) is 0 Å². The van der Waals surface area contributed by atoms with Crippen LogP contribution in [0.1, 0.15) is 18.9 Å². The van der Waals surface area contributed by atoms with Crippen molar-refractivity contribution in [2.24, 2.45) is 5.73 Å². The molecular weight excluding hydrogens is 272 g/mol. The van der Waals surface area contributed by atoms with E-state index in [2.05, 4.69) is 18.5 Å². The van der Waals surface area contributed by atoms with Crippen LogP contribution in [-0.2, 0) is 0 Å². The molecule has 1 atom stereocenters. The molecule has 5 heteroatoms. The van der Waals surface area contributed by atoms with Crippen molar-refractivity contribution in [3.63, 3.8) is 0 Å². The van der Waals surface area contributed by atoms with Crippen LogP contribution in [0.5, 0.6) is 0 Å². The summed E-state index contributed by atoms with van der Waals surface area (Å²) in [6.45, 7) is 2.14. The number of thiocarbonyl (C=S) groups is 1. The van der Waals surface area contributed by atoms with Gasteiger partial charge >= 0.3 is 0 Å². The zero-order valence-electron chi connectivity index (χ0n) is 10.00. The van der Waals surface area contributed by atoms with Gasteiger partial charge in [-0.25, -0.2) is 0 Å². The Hall–Kier alpha value is -0.450. The van der Waals surface area contributed by atoms with E-state index in [9.17, 15) is 0 Å². The van der Waals surface area contributed by atoms with Crippen molar-refractivity contribution in [1.29, 1.82) is 0 Å². The summed E-state index contributed by atoms with van der Waals surface area (Å²) < 4.78 is 0. The molecule has 0 fully saturated rings. The Morgan fingerprint density at radius 2 is 2.29 bits per heavy atom. The Morgan fingerprint density at radius 3 is 2.88 bits per heavy atom. The number of thioether (sulfide) groups is 1. The quantitative estimate of drug-likeness (QED) is 0.786. The van der Waals surface area contributed by atoms with Gasteiger partial charge in [0, 0.05) is 11.7 Å². The van der Waals surface area contributed by atoms with Crippen molar-refractivity contribution >= 4 is 46.3 Å². The molecule has 1 aromatic carbocycles. The highest BCUT2D eigenvalue weighted by Gasteiger charge is 2.11. The lowest BCUT2D eigenvalue weighted by atomic mass is 10.1. The number of anilines is 1. The second-order valence-electron chi connectivity index (χ2n) is 3.85. The van der Waals surface area contributed by atoms with Crippen LogP contribution in [0.25, 0.3) is 0 Å². The van der Waals surface area contributed by atoms with Gasteiger partial charge in [0.05, 0.1) is 10.6 Å². The number of benzene rings is 1. The minimum Gasteiger partial charge on any atom is -0.389 e. The number of nitrogens with two attached hydrogens (primary N) is 1. The van der Waals surface area contributed by atoms with E-state index in [1.165, 1.54) is 0 Å². The number of hydrogen-bond donors (Lipinski definition) is 2. The average molecular weight is 289 g/mol. The lowest BCUT2D eigenvalue weighted by Crippen LogP contribution is -2.20. The summed E-state index contributed by atoms with van der Waals surface area (Å²) >= 11 is 13.0. The first-order chi connectivity index (χ1) is 8.06. The normalized spacial score (nSPS) is 12.2. The third-order valence-corrected chi connectivity index (χ3v) is 3.58. The van der Waals surface area contributed by atoms with Crippen molar-refractivity contribution in [3.8, 4) is 0 Å². The van der Waals surface area contributed by atoms with E-state index >= 15 is 0 Å². The number of halogens is 1. The maximum atomic E-state index is 6.10. The van der Waals surface area contributed by atoms with E-state index in [4.69, 9.17) is 29.6 Å². The van der Waals surface area contributed by atoms with E-state index in [1.807, 2.05) is 23.9 Å². The molecular formula is C12H17ClN2S2. The summed E-state index contributed by atoms with van der Waals surface area (Å²) in [4.78, 5) is 0.329. The molecule has 3 N–H and O–H groups in total. The fraction of sp³-hybridized carbons (Fsp3) is 0.417. The molecule has 17 heavy (non-hydrogen) atoms. The molecule has 0 aliphatic carbocycles. The minimum absolute atomic E-state index is 0.329. The molecule has 0 amide bonds. The van der Waals surface area contributed by atoms with Crippen molar-refractivity contribution in [2.45, 2.75) is 19.4 Å². The minimum atomic E-state index is 0.329. The molecule has 1 aromatic rings. The van der Waals surface area contributed by atoms with Crippen LogP contribution in [0.2, 0.25) is 5.02 Å². The van der Waals surface area contributed by atoms with Gasteiger partial charge < -0.3 is 11.1 Å². The summed E-state index contributed by atoms with van der Waals surface area (Å²) in [7, 11) is 0. The van der Waals surface area contributed by atoms with Crippen molar-refractivity contribution in [1.82, 2.24) is 0 Å². The summed E-state index contributed by atoms with van der Waals surface area (Å²) in [6, 6.07) is 6.02. The molecule has 0 saturated heterocycles. The fourth-order valence-electron chi connectivity index (χ4n) is 1.53. The first-order valence-electron chi connectivity index (χ1n) is 5.40. The number of hydrogen-bond acceptors (Lipinski definition) is 3. The molecule has 94 valence electrons. The van der Waals surface area contributed by atoms with Crippen LogP contribution in [0.4, 0.5) is 5.69 Å². The second kappa shape index (κ2) is 7.09. The van der Waals surface area contributed by atoms with Crippen LogP contribution in [-0.4, -0.2) is 23.0 Å². The van der Waals surface area contributed by atoms with Gasteiger partial charge in [0.1, 0.15) is 4.99 Å². The molecule has 1 unspecified atom stereocenters. The SMILES string of the molecule is CSCCC(C)Nc1cccc(Cl)c1C(N)=S. The van der Waals surface area contributed by atoms with E-state index in [0.717, 1.165) is 23.4 Å². The van der Waals surface area contributed by atoms with E-state index < -0.39 is 0 Å². The molecule has 0 heterocycles. The summed E-state index contributed by atoms with van der Waals surface area (Å²) in [6.07, 6.45) is 3.19. The maximum Gasteiger partial charge on any atom is 0.107 e. The van der Waals surface area contributed by atoms with E-state index in [-0.39, 0.29) is 0 Å². The summed E-state index contributed by atoms with van der Waals surface area (Å²) in [5.41, 5.74) is 7.35. The van der Waals surface area contributed by atoms with E-state index in [0.29, 0.717) is 16.1 Å². The molecule has 1 rings (SSSR count). The first-order valence-corrected chi connectivity index (χ1v) is 7.58. The zero-order valence-corrected chi connectivity index (χ0v) is 12.4. The standard InChI is InChI=1S/C12H17ClN2S2/c1-8(6-7-17-2)15-10-5-3-4-9(13)11(10)12(14)16/h3-5,8,15H,6-7H2,1-2H3,(H2,14,16). The van der Waals surface area contributed by atoms with Crippen LogP contribution in [0.3, 0.4) is 0 Å². The molecule has 0 aliphatic heterocycles. The van der Waals surface area contributed by atoms with Gasteiger partial charge in [0.25, 0.3) is 0 Å². The zero-order chi connectivity index (χ0) is 12.8. The van der Waals surface area contributed by atoms with Crippen LogP contribution < -0.4 is 11.1 Å². The molecule has 0 bridgehead atoms. The largest absolute Gasteiger partial charge is 0.389 e. The highest BCUT2D eigenvalue weighted by molar-refractivity contribution is 7.98. The average Bonchev–Trinajstić information content (AvgIpc) is 2.25. The second-order valence-corrected chi connectivity index (χ2v) is 5.69. The highest BCUT2D eigenvalue weighted by Crippen LogP contribution is 2.25. The maximum absolute atomic E-state index is 6.10. The molecule has 0 saturated carbocycles. The van der Waals surface area contributed by atoms with Crippen LogP contribution >= 0.6 is 35.6 Å². The lowest BCUT2D eigenvalue weighted by Gasteiger charge is -2.18. The van der Waals surface area contributed by atoms with Crippen LogP contribution in [0, 0.1) is 0 Å². The third-order valence-electron chi connectivity index (χ3n) is 2.42.